The van der Waals surface area contributed by atoms with Gasteiger partial charge in [-0.05, 0) is 30.9 Å². The molecule has 1 saturated heterocycles. The zero-order valence-corrected chi connectivity index (χ0v) is 16.8. The topological polar surface area (TPSA) is 48.9 Å². The summed E-state index contributed by atoms with van der Waals surface area (Å²) in [4.78, 5) is 7.23. The van der Waals surface area contributed by atoms with Crippen LogP contribution in [0.15, 0.2) is 29.3 Å². The highest BCUT2D eigenvalue weighted by atomic mass is 127. The molecule has 0 aromatic heterocycles. The van der Waals surface area contributed by atoms with Crippen molar-refractivity contribution in [3.05, 3.63) is 35.4 Å². The minimum atomic E-state index is 0. The molecular formula is C18H29IN4O. The molecule has 0 bridgehead atoms. The van der Waals surface area contributed by atoms with E-state index in [2.05, 4.69) is 46.7 Å². The van der Waals surface area contributed by atoms with Crippen LogP contribution in [0.1, 0.15) is 30.9 Å². The van der Waals surface area contributed by atoms with Gasteiger partial charge >= 0.3 is 0 Å². The Kier molecular flexibility index (Phi) is 8.28. The fourth-order valence-corrected chi connectivity index (χ4v) is 2.77. The lowest BCUT2D eigenvalue weighted by atomic mass is 10.1. The largest absolute Gasteiger partial charge is 0.379 e. The molecule has 0 radical (unpaired) electrons. The summed E-state index contributed by atoms with van der Waals surface area (Å²) in [6, 6.07) is 9.27. The van der Waals surface area contributed by atoms with Gasteiger partial charge in [0.05, 0.1) is 19.8 Å². The molecule has 0 spiro atoms. The standard InChI is InChI=1S/C18H28N4O.HI/c1-2-19-18(21-17-7-8-17)20-13-15-5-3-4-6-16(15)14-22-9-11-23-12-10-22;/h3-6,17H,2,7-14H2,1H3,(H2,19,20,21);1H. The predicted octanol–water partition coefficient (Wildman–Crippen LogP) is 2.35. The molecule has 3 rings (SSSR count). The minimum Gasteiger partial charge on any atom is -0.379 e. The van der Waals surface area contributed by atoms with E-state index in [-0.39, 0.29) is 24.0 Å². The van der Waals surface area contributed by atoms with E-state index in [4.69, 9.17) is 9.73 Å². The number of ether oxygens (including phenoxy) is 1. The number of rotatable bonds is 6. The van der Waals surface area contributed by atoms with E-state index >= 15 is 0 Å². The fourth-order valence-electron chi connectivity index (χ4n) is 2.77. The van der Waals surface area contributed by atoms with Crippen molar-refractivity contribution >= 4 is 29.9 Å². The molecule has 1 heterocycles. The van der Waals surface area contributed by atoms with Gasteiger partial charge in [-0.3, -0.25) is 4.90 Å². The Morgan fingerprint density at radius 2 is 1.92 bits per heavy atom. The Morgan fingerprint density at radius 3 is 2.58 bits per heavy atom. The van der Waals surface area contributed by atoms with Crippen LogP contribution in [-0.2, 0) is 17.8 Å². The van der Waals surface area contributed by atoms with E-state index in [0.29, 0.717) is 6.04 Å². The van der Waals surface area contributed by atoms with Gasteiger partial charge in [-0.1, -0.05) is 24.3 Å². The molecule has 6 heteroatoms. The number of guanidine groups is 1. The lowest BCUT2D eigenvalue weighted by Gasteiger charge is -2.27. The maximum atomic E-state index is 5.44. The normalized spacial score (nSPS) is 18.8. The van der Waals surface area contributed by atoms with Crippen LogP contribution in [-0.4, -0.2) is 49.7 Å². The van der Waals surface area contributed by atoms with Gasteiger partial charge in [-0.15, -0.1) is 24.0 Å². The number of halogens is 1. The Bertz CT molecular complexity index is 528. The van der Waals surface area contributed by atoms with Crippen molar-refractivity contribution in [3.8, 4) is 0 Å². The lowest BCUT2D eigenvalue weighted by molar-refractivity contribution is 0.0341. The average molecular weight is 444 g/mol. The van der Waals surface area contributed by atoms with Crippen LogP contribution in [0.2, 0.25) is 0 Å². The summed E-state index contributed by atoms with van der Waals surface area (Å²) in [5, 5.41) is 6.81. The summed E-state index contributed by atoms with van der Waals surface area (Å²) < 4.78 is 5.44. The number of benzene rings is 1. The molecule has 134 valence electrons. The van der Waals surface area contributed by atoms with Crippen LogP contribution in [0, 0.1) is 0 Å². The first-order valence-electron chi connectivity index (χ1n) is 8.77. The number of nitrogens with zero attached hydrogens (tertiary/aromatic N) is 2. The number of hydrogen-bond donors (Lipinski definition) is 2. The third kappa shape index (κ3) is 6.22. The molecule has 0 amide bonds. The van der Waals surface area contributed by atoms with Gasteiger partial charge in [-0.2, -0.15) is 0 Å². The van der Waals surface area contributed by atoms with E-state index < -0.39 is 0 Å². The van der Waals surface area contributed by atoms with E-state index in [1.54, 1.807) is 0 Å². The Morgan fingerprint density at radius 1 is 1.21 bits per heavy atom. The monoisotopic (exact) mass is 444 g/mol. The van der Waals surface area contributed by atoms with Crippen molar-refractivity contribution < 1.29 is 4.74 Å². The van der Waals surface area contributed by atoms with Crippen molar-refractivity contribution in [2.45, 2.75) is 38.9 Å². The van der Waals surface area contributed by atoms with Gasteiger partial charge in [0.1, 0.15) is 0 Å². The van der Waals surface area contributed by atoms with Crippen molar-refractivity contribution in [2.24, 2.45) is 4.99 Å². The molecule has 1 aliphatic carbocycles. The molecule has 0 atom stereocenters. The van der Waals surface area contributed by atoms with Gasteiger partial charge in [-0.25, -0.2) is 4.99 Å². The van der Waals surface area contributed by atoms with Crippen molar-refractivity contribution in [1.82, 2.24) is 15.5 Å². The zero-order chi connectivity index (χ0) is 15.9. The Hall–Kier alpha value is -0.860. The first-order chi connectivity index (χ1) is 11.3. The van der Waals surface area contributed by atoms with E-state index in [0.717, 1.165) is 51.9 Å². The number of hydrogen-bond acceptors (Lipinski definition) is 3. The van der Waals surface area contributed by atoms with E-state index in [9.17, 15) is 0 Å². The van der Waals surface area contributed by atoms with Crippen LogP contribution in [0.5, 0.6) is 0 Å². The molecule has 2 aliphatic rings. The van der Waals surface area contributed by atoms with Crippen molar-refractivity contribution in [1.29, 1.82) is 0 Å². The number of aliphatic imine (C=N–C) groups is 1. The van der Waals surface area contributed by atoms with E-state index in [1.807, 2.05) is 0 Å². The zero-order valence-electron chi connectivity index (χ0n) is 14.5. The van der Waals surface area contributed by atoms with Crippen LogP contribution in [0.25, 0.3) is 0 Å². The highest BCUT2D eigenvalue weighted by molar-refractivity contribution is 14.0. The molecule has 1 aliphatic heterocycles. The molecule has 1 aromatic carbocycles. The molecular weight excluding hydrogens is 415 g/mol. The second-order valence-electron chi connectivity index (χ2n) is 6.27. The van der Waals surface area contributed by atoms with Gasteiger partial charge in [0.25, 0.3) is 0 Å². The number of morpholine rings is 1. The van der Waals surface area contributed by atoms with Crippen molar-refractivity contribution in [2.75, 3.05) is 32.8 Å². The Labute approximate surface area is 162 Å². The summed E-state index contributed by atoms with van der Waals surface area (Å²) in [5.41, 5.74) is 2.69. The smallest absolute Gasteiger partial charge is 0.191 e. The van der Waals surface area contributed by atoms with Crippen LogP contribution in [0.3, 0.4) is 0 Å². The van der Waals surface area contributed by atoms with Gasteiger partial charge in [0.2, 0.25) is 0 Å². The first kappa shape index (κ1) is 19.5. The minimum absolute atomic E-state index is 0. The molecule has 5 nitrogen and oxygen atoms in total. The highest BCUT2D eigenvalue weighted by Crippen LogP contribution is 2.18. The average Bonchev–Trinajstić information content (AvgIpc) is 3.39. The molecule has 1 saturated carbocycles. The molecule has 2 N–H and O–H groups in total. The van der Waals surface area contributed by atoms with Gasteiger partial charge in [0, 0.05) is 32.2 Å². The SMILES string of the molecule is CCNC(=NCc1ccccc1CN1CCOCC1)NC1CC1.I. The maximum absolute atomic E-state index is 5.44. The summed E-state index contributed by atoms with van der Waals surface area (Å²) in [6.07, 6.45) is 2.52. The number of nitrogens with one attached hydrogen (secondary N) is 2. The van der Waals surface area contributed by atoms with E-state index in [1.165, 1.54) is 24.0 Å². The van der Waals surface area contributed by atoms with Crippen LogP contribution in [0.4, 0.5) is 0 Å². The second-order valence-corrected chi connectivity index (χ2v) is 6.27. The third-order valence-electron chi connectivity index (χ3n) is 4.29. The summed E-state index contributed by atoms with van der Waals surface area (Å²) in [6.45, 7) is 8.44. The lowest BCUT2D eigenvalue weighted by Crippen LogP contribution is -2.38. The maximum Gasteiger partial charge on any atom is 0.191 e. The quantitative estimate of drug-likeness (QED) is 0.402. The van der Waals surface area contributed by atoms with Crippen LogP contribution < -0.4 is 10.6 Å². The fraction of sp³-hybridized carbons (Fsp3) is 0.611. The van der Waals surface area contributed by atoms with Gasteiger partial charge < -0.3 is 15.4 Å². The second kappa shape index (κ2) is 10.2. The molecule has 2 fully saturated rings. The third-order valence-corrected chi connectivity index (χ3v) is 4.29. The van der Waals surface area contributed by atoms with Crippen molar-refractivity contribution in [3.63, 3.8) is 0 Å². The van der Waals surface area contributed by atoms with Gasteiger partial charge in [0.15, 0.2) is 5.96 Å². The highest BCUT2D eigenvalue weighted by Gasteiger charge is 2.22. The summed E-state index contributed by atoms with van der Waals surface area (Å²) >= 11 is 0. The summed E-state index contributed by atoms with van der Waals surface area (Å²) in [7, 11) is 0. The molecule has 0 unspecified atom stereocenters. The summed E-state index contributed by atoms with van der Waals surface area (Å²) in [5.74, 6) is 0.941. The van der Waals surface area contributed by atoms with Crippen LogP contribution >= 0.6 is 24.0 Å². The molecule has 1 aromatic rings. The molecule has 24 heavy (non-hydrogen) atoms. The first-order valence-corrected chi connectivity index (χ1v) is 8.77. The predicted molar refractivity (Wildman–Crippen MR) is 109 cm³/mol. The Balaban J connectivity index is 0.00000208.